The molecule has 122 valence electrons. The highest BCUT2D eigenvalue weighted by Gasteiger charge is 2.15. The molecule has 4 nitrogen and oxygen atoms in total. The standard InChI is InChI=1S/C19H23NO3/c1-19(2,3)23-18(21)20-13-12-15-8-7-11-17(14-15)22-16-9-5-4-6-10-16/h4-11,14H,12-13H2,1-3H3,(H,20,21). The van der Waals surface area contributed by atoms with Gasteiger partial charge in [0.05, 0.1) is 0 Å². The highest BCUT2D eigenvalue weighted by molar-refractivity contribution is 5.67. The lowest BCUT2D eigenvalue weighted by atomic mass is 10.1. The zero-order valence-corrected chi connectivity index (χ0v) is 13.8. The number of rotatable bonds is 5. The molecule has 0 heterocycles. The number of carbonyl (C=O) groups excluding carboxylic acids is 1. The first-order valence-electron chi connectivity index (χ1n) is 7.71. The number of hydrogen-bond donors (Lipinski definition) is 1. The van der Waals surface area contributed by atoms with Crippen LogP contribution in [0.4, 0.5) is 4.79 Å². The molecule has 0 bridgehead atoms. The zero-order chi connectivity index (χ0) is 16.7. The molecule has 4 heteroatoms. The van der Waals surface area contributed by atoms with Crippen LogP contribution in [0.1, 0.15) is 26.3 Å². The number of hydrogen-bond acceptors (Lipinski definition) is 3. The smallest absolute Gasteiger partial charge is 0.407 e. The van der Waals surface area contributed by atoms with Crippen LogP contribution in [0.5, 0.6) is 11.5 Å². The molecule has 0 fully saturated rings. The van der Waals surface area contributed by atoms with E-state index in [1.807, 2.05) is 75.4 Å². The van der Waals surface area contributed by atoms with Crippen molar-refractivity contribution in [3.05, 3.63) is 60.2 Å². The van der Waals surface area contributed by atoms with Gasteiger partial charge in [-0.1, -0.05) is 30.3 Å². The van der Waals surface area contributed by atoms with E-state index in [0.29, 0.717) is 13.0 Å². The first-order valence-corrected chi connectivity index (χ1v) is 7.71. The van der Waals surface area contributed by atoms with Crippen LogP contribution >= 0.6 is 0 Å². The Bertz CT molecular complexity index is 633. The van der Waals surface area contributed by atoms with E-state index >= 15 is 0 Å². The molecule has 1 N–H and O–H groups in total. The Balaban J connectivity index is 1.84. The van der Waals surface area contributed by atoms with Crippen LogP contribution in [0.25, 0.3) is 0 Å². The monoisotopic (exact) mass is 313 g/mol. The Morgan fingerprint density at radius 1 is 1.00 bits per heavy atom. The second kappa shape index (κ2) is 7.68. The maximum atomic E-state index is 11.6. The molecular formula is C19H23NO3. The second-order valence-corrected chi connectivity index (χ2v) is 6.24. The number of para-hydroxylation sites is 1. The van der Waals surface area contributed by atoms with Crippen molar-refractivity contribution >= 4 is 6.09 Å². The van der Waals surface area contributed by atoms with Crippen molar-refractivity contribution in [2.24, 2.45) is 0 Å². The van der Waals surface area contributed by atoms with Crippen molar-refractivity contribution in [2.75, 3.05) is 6.54 Å². The van der Waals surface area contributed by atoms with Gasteiger partial charge < -0.3 is 14.8 Å². The summed E-state index contributed by atoms with van der Waals surface area (Å²) in [6.07, 6.45) is 0.319. The lowest BCUT2D eigenvalue weighted by Crippen LogP contribution is -2.33. The van der Waals surface area contributed by atoms with Crippen molar-refractivity contribution in [2.45, 2.75) is 32.8 Å². The number of ether oxygens (including phenoxy) is 2. The molecule has 0 radical (unpaired) electrons. The molecule has 0 saturated heterocycles. The minimum atomic E-state index is -0.479. The number of nitrogens with one attached hydrogen (secondary N) is 1. The summed E-state index contributed by atoms with van der Waals surface area (Å²) in [6.45, 7) is 6.05. The van der Waals surface area contributed by atoms with E-state index in [4.69, 9.17) is 9.47 Å². The lowest BCUT2D eigenvalue weighted by Gasteiger charge is -2.19. The second-order valence-electron chi connectivity index (χ2n) is 6.24. The quantitative estimate of drug-likeness (QED) is 0.881. The number of alkyl carbamates (subject to hydrolysis) is 1. The normalized spacial score (nSPS) is 10.9. The maximum Gasteiger partial charge on any atom is 0.407 e. The van der Waals surface area contributed by atoms with E-state index in [2.05, 4.69) is 5.32 Å². The Kier molecular flexibility index (Phi) is 5.63. The van der Waals surface area contributed by atoms with Crippen LogP contribution in [0.15, 0.2) is 54.6 Å². The predicted octanol–water partition coefficient (Wildman–Crippen LogP) is 4.55. The third kappa shape index (κ3) is 6.43. The predicted molar refractivity (Wildman–Crippen MR) is 90.9 cm³/mol. The van der Waals surface area contributed by atoms with Crippen LogP contribution in [-0.2, 0) is 11.2 Å². The minimum absolute atomic E-state index is 0.394. The van der Waals surface area contributed by atoms with Crippen LogP contribution in [0, 0.1) is 0 Å². The summed E-state index contributed by atoms with van der Waals surface area (Å²) in [7, 11) is 0. The maximum absolute atomic E-state index is 11.6. The Morgan fingerprint density at radius 2 is 1.70 bits per heavy atom. The zero-order valence-electron chi connectivity index (χ0n) is 13.8. The Hall–Kier alpha value is -2.49. The molecule has 0 atom stereocenters. The van der Waals surface area contributed by atoms with Gasteiger partial charge in [-0.25, -0.2) is 4.79 Å². The van der Waals surface area contributed by atoms with Crippen molar-refractivity contribution in [3.8, 4) is 11.5 Å². The van der Waals surface area contributed by atoms with Crippen LogP contribution in [-0.4, -0.2) is 18.2 Å². The van der Waals surface area contributed by atoms with Crippen LogP contribution < -0.4 is 10.1 Å². The van der Waals surface area contributed by atoms with E-state index < -0.39 is 11.7 Å². The summed E-state index contributed by atoms with van der Waals surface area (Å²) in [5.41, 5.74) is 0.613. The molecule has 2 aromatic rings. The molecule has 2 rings (SSSR count). The largest absolute Gasteiger partial charge is 0.457 e. The summed E-state index contributed by atoms with van der Waals surface area (Å²) in [5.74, 6) is 1.59. The van der Waals surface area contributed by atoms with E-state index in [1.54, 1.807) is 0 Å². The molecule has 2 aromatic carbocycles. The van der Waals surface area contributed by atoms with Gasteiger partial charge in [0.1, 0.15) is 17.1 Å². The van der Waals surface area contributed by atoms with Gasteiger partial charge in [0.25, 0.3) is 0 Å². The topological polar surface area (TPSA) is 47.6 Å². The third-order valence-corrected chi connectivity index (χ3v) is 2.96. The minimum Gasteiger partial charge on any atom is -0.457 e. The number of carbonyl (C=O) groups is 1. The average molecular weight is 313 g/mol. The Morgan fingerprint density at radius 3 is 2.39 bits per heavy atom. The third-order valence-electron chi connectivity index (χ3n) is 2.96. The van der Waals surface area contributed by atoms with Crippen LogP contribution in [0.2, 0.25) is 0 Å². The molecule has 0 aliphatic heterocycles. The van der Waals surface area contributed by atoms with E-state index in [-0.39, 0.29) is 0 Å². The molecule has 0 saturated carbocycles. The van der Waals surface area contributed by atoms with Gasteiger partial charge in [0.15, 0.2) is 0 Å². The summed E-state index contributed by atoms with van der Waals surface area (Å²) < 4.78 is 11.0. The lowest BCUT2D eigenvalue weighted by molar-refractivity contribution is 0.0528. The molecule has 23 heavy (non-hydrogen) atoms. The highest BCUT2D eigenvalue weighted by atomic mass is 16.6. The van der Waals surface area contributed by atoms with Gasteiger partial charge in [-0.15, -0.1) is 0 Å². The van der Waals surface area contributed by atoms with Crippen molar-refractivity contribution in [3.63, 3.8) is 0 Å². The van der Waals surface area contributed by atoms with Crippen LogP contribution in [0.3, 0.4) is 0 Å². The van der Waals surface area contributed by atoms with Gasteiger partial charge in [-0.2, -0.15) is 0 Å². The molecule has 0 spiro atoms. The van der Waals surface area contributed by atoms with Gasteiger partial charge in [-0.3, -0.25) is 0 Å². The average Bonchev–Trinajstić information content (AvgIpc) is 2.47. The fraction of sp³-hybridized carbons (Fsp3) is 0.316. The van der Waals surface area contributed by atoms with E-state index in [9.17, 15) is 4.79 Å². The fourth-order valence-electron chi connectivity index (χ4n) is 2.01. The SMILES string of the molecule is CC(C)(C)OC(=O)NCCc1cccc(Oc2ccccc2)c1. The summed E-state index contributed by atoms with van der Waals surface area (Å²) in [5, 5.41) is 2.75. The van der Waals surface area contributed by atoms with E-state index in [1.165, 1.54) is 0 Å². The molecule has 1 amide bonds. The van der Waals surface area contributed by atoms with Crippen molar-refractivity contribution in [1.82, 2.24) is 5.32 Å². The van der Waals surface area contributed by atoms with Gasteiger partial charge in [0, 0.05) is 6.54 Å². The molecule has 0 unspecified atom stereocenters. The van der Waals surface area contributed by atoms with E-state index in [0.717, 1.165) is 17.1 Å². The van der Waals surface area contributed by atoms with Gasteiger partial charge in [0.2, 0.25) is 0 Å². The summed E-state index contributed by atoms with van der Waals surface area (Å²) in [6, 6.07) is 17.5. The molecular weight excluding hydrogens is 290 g/mol. The first kappa shape index (κ1) is 16.9. The van der Waals surface area contributed by atoms with Crippen molar-refractivity contribution in [1.29, 1.82) is 0 Å². The first-order chi connectivity index (χ1) is 10.9. The summed E-state index contributed by atoms with van der Waals surface area (Å²) in [4.78, 5) is 11.6. The number of amides is 1. The fourth-order valence-corrected chi connectivity index (χ4v) is 2.01. The van der Waals surface area contributed by atoms with Gasteiger partial charge >= 0.3 is 6.09 Å². The van der Waals surface area contributed by atoms with Gasteiger partial charge in [-0.05, 0) is 57.0 Å². The number of benzene rings is 2. The summed E-state index contributed by atoms with van der Waals surface area (Å²) >= 11 is 0. The molecule has 0 aliphatic carbocycles. The highest BCUT2D eigenvalue weighted by Crippen LogP contribution is 2.21. The Labute approximate surface area is 137 Å². The van der Waals surface area contributed by atoms with Crippen molar-refractivity contribution < 1.29 is 14.3 Å². The molecule has 0 aromatic heterocycles. The molecule has 0 aliphatic rings.